The summed E-state index contributed by atoms with van der Waals surface area (Å²) in [6.07, 6.45) is 1.36. The Bertz CT molecular complexity index is 221. The van der Waals surface area contributed by atoms with E-state index in [9.17, 15) is 4.39 Å². The van der Waals surface area contributed by atoms with Crippen molar-refractivity contribution >= 4 is 0 Å². The molecule has 0 N–H and O–H groups in total. The van der Waals surface area contributed by atoms with Crippen LogP contribution in [0.15, 0.2) is 0 Å². The number of rotatable bonds is 3. The first-order chi connectivity index (χ1) is 6.55. The van der Waals surface area contributed by atoms with Gasteiger partial charge in [0.05, 0.1) is 12.7 Å². The standard InChI is InChI=1S/C11H20FNO/c1-8(2)14-7-11-4-5-13(11)9(3)10(12)6-11/h8-10H,4-7H2,1-3H3/t9-,10+,11+/m0/s1. The van der Waals surface area contributed by atoms with E-state index in [0.717, 1.165) is 13.0 Å². The largest absolute Gasteiger partial charge is 0.377 e. The van der Waals surface area contributed by atoms with Gasteiger partial charge in [-0.3, -0.25) is 4.90 Å². The lowest BCUT2D eigenvalue weighted by atomic mass is 9.85. The van der Waals surface area contributed by atoms with Crippen molar-refractivity contribution in [2.75, 3.05) is 13.2 Å². The lowest BCUT2D eigenvalue weighted by Gasteiger charge is -2.49. The Balaban J connectivity index is 1.96. The number of fused-ring (bicyclic) bond motifs is 1. The molecule has 0 aliphatic carbocycles. The second-order valence-electron chi connectivity index (χ2n) is 4.99. The zero-order valence-corrected chi connectivity index (χ0v) is 9.29. The van der Waals surface area contributed by atoms with Crippen molar-refractivity contribution in [3.63, 3.8) is 0 Å². The van der Waals surface area contributed by atoms with E-state index in [-0.39, 0.29) is 17.7 Å². The summed E-state index contributed by atoms with van der Waals surface area (Å²) in [6, 6.07) is 0.0968. The minimum Gasteiger partial charge on any atom is -0.377 e. The molecule has 2 fully saturated rings. The van der Waals surface area contributed by atoms with E-state index >= 15 is 0 Å². The molecule has 3 atom stereocenters. The van der Waals surface area contributed by atoms with Crippen molar-refractivity contribution in [1.82, 2.24) is 4.90 Å². The molecule has 0 bridgehead atoms. The Hall–Kier alpha value is -0.150. The topological polar surface area (TPSA) is 12.5 Å². The summed E-state index contributed by atoms with van der Waals surface area (Å²) >= 11 is 0. The lowest BCUT2D eigenvalue weighted by Crippen LogP contribution is -2.60. The monoisotopic (exact) mass is 201 g/mol. The summed E-state index contributed by atoms with van der Waals surface area (Å²) < 4.78 is 19.2. The molecular formula is C11H20FNO. The average Bonchev–Trinajstić information content (AvgIpc) is 2.23. The fraction of sp³-hybridized carbons (Fsp3) is 1.00. The highest BCUT2D eigenvalue weighted by Crippen LogP contribution is 2.45. The van der Waals surface area contributed by atoms with Gasteiger partial charge in [-0.25, -0.2) is 4.39 Å². The van der Waals surface area contributed by atoms with Crippen molar-refractivity contribution in [2.24, 2.45) is 0 Å². The van der Waals surface area contributed by atoms with Gasteiger partial charge in [0.2, 0.25) is 0 Å². The van der Waals surface area contributed by atoms with Crippen LogP contribution in [-0.2, 0) is 4.74 Å². The molecule has 0 aromatic rings. The van der Waals surface area contributed by atoms with Crippen LogP contribution in [-0.4, -0.2) is 41.9 Å². The normalized spacial score (nSPS) is 42.6. The van der Waals surface area contributed by atoms with Gasteiger partial charge in [0.1, 0.15) is 6.17 Å². The van der Waals surface area contributed by atoms with Crippen LogP contribution in [0.25, 0.3) is 0 Å². The first kappa shape index (κ1) is 10.4. The number of nitrogens with zero attached hydrogens (tertiary/aromatic N) is 1. The maximum absolute atomic E-state index is 13.5. The number of hydrogen-bond acceptors (Lipinski definition) is 2. The van der Waals surface area contributed by atoms with Crippen LogP contribution in [0.3, 0.4) is 0 Å². The van der Waals surface area contributed by atoms with E-state index in [2.05, 4.69) is 4.90 Å². The fourth-order valence-corrected chi connectivity index (χ4v) is 2.68. The Morgan fingerprint density at radius 2 is 2.29 bits per heavy atom. The molecule has 2 rings (SSSR count). The molecule has 0 aromatic carbocycles. The summed E-state index contributed by atoms with van der Waals surface area (Å²) in [5.41, 5.74) is 0.0447. The molecule has 0 aromatic heterocycles. The van der Waals surface area contributed by atoms with Crippen LogP contribution in [0.5, 0.6) is 0 Å². The number of hydrogen-bond donors (Lipinski definition) is 0. The van der Waals surface area contributed by atoms with Crippen LogP contribution in [0, 0.1) is 0 Å². The summed E-state index contributed by atoms with van der Waals surface area (Å²) in [4.78, 5) is 2.28. The first-order valence-electron chi connectivity index (χ1n) is 5.57. The Morgan fingerprint density at radius 3 is 2.71 bits per heavy atom. The molecule has 2 aliphatic heterocycles. The zero-order chi connectivity index (χ0) is 10.3. The number of alkyl halides is 1. The smallest absolute Gasteiger partial charge is 0.117 e. The molecule has 3 heteroatoms. The van der Waals surface area contributed by atoms with Crippen LogP contribution in [0.2, 0.25) is 0 Å². The average molecular weight is 201 g/mol. The van der Waals surface area contributed by atoms with E-state index in [1.807, 2.05) is 20.8 Å². The molecule has 2 heterocycles. The number of ether oxygens (including phenoxy) is 1. The van der Waals surface area contributed by atoms with Crippen molar-refractivity contribution in [3.05, 3.63) is 0 Å². The van der Waals surface area contributed by atoms with Gasteiger partial charge in [-0.15, -0.1) is 0 Å². The SMILES string of the molecule is CC(C)OC[C@]12CCN1[C@@H](C)[C@H](F)C2. The Kier molecular flexibility index (Phi) is 2.56. The van der Waals surface area contributed by atoms with Crippen LogP contribution < -0.4 is 0 Å². The third-order valence-electron chi connectivity index (χ3n) is 3.70. The van der Waals surface area contributed by atoms with Crippen molar-refractivity contribution < 1.29 is 9.13 Å². The fourth-order valence-electron chi connectivity index (χ4n) is 2.68. The van der Waals surface area contributed by atoms with Gasteiger partial charge in [-0.05, 0) is 27.2 Å². The molecule has 0 saturated carbocycles. The van der Waals surface area contributed by atoms with E-state index < -0.39 is 6.17 Å². The van der Waals surface area contributed by atoms with Crippen molar-refractivity contribution in [3.8, 4) is 0 Å². The molecule has 2 nitrogen and oxygen atoms in total. The van der Waals surface area contributed by atoms with Gasteiger partial charge in [-0.1, -0.05) is 0 Å². The summed E-state index contributed by atoms with van der Waals surface area (Å²) in [6.45, 7) is 7.80. The second-order valence-corrected chi connectivity index (χ2v) is 4.99. The van der Waals surface area contributed by atoms with Crippen molar-refractivity contribution in [2.45, 2.75) is 57.5 Å². The highest BCUT2D eigenvalue weighted by molar-refractivity contribution is 5.10. The molecule has 2 aliphatic rings. The minimum atomic E-state index is -0.659. The second kappa shape index (κ2) is 3.46. The third kappa shape index (κ3) is 1.47. The van der Waals surface area contributed by atoms with Crippen LogP contribution in [0.1, 0.15) is 33.6 Å². The first-order valence-corrected chi connectivity index (χ1v) is 5.57. The Morgan fingerprint density at radius 1 is 1.57 bits per heavy atom. The maximum Gasteiger partial charge on any atom is 0.117 e. The summed E-state index contributed by atoms with van der Waals surface area (Å²) in [7, 11) is 0. The lowest BCUT2D eigenvalue weighted by molar-refractivity contribution is -0.0770. The van der Waals surface area contributed by atoms with E-state index in [1.54, 1.807) is 0 Å². The van der Waals surface area contributed by atoms with E-state index in [1.165, 1.54) is 0 Å². The highest BCUT2D eigenvalue weighted by Gasteiger charge is 2.55. The molecule has 82 valence electrons. The van der Waals surface area contributed by atoms with Crippen LogP contribution in [0.4, 0.5) is 4.39 Å². The van der Waals surface area contributed by atoms with Crippen LogP contribution >= 0.6 is 0 Å². The van der Waals surface area contributed by atoms with E-state index in [0.29, 0.717) is 13.0 Å². The highest BCUT2D eigenvalue weighted by atomic mass is 19.1. The van der Waals surface area contributed by atoms with Gasteiger partial charge in [0.25, 0.3) is 0 Å². The molecule has 0 radical (unpaired) electrons. The third-order valence-corrected chi connectivity index (χ3v) is 3.70. The number of halogens is 1. The maximum atomic E-state index is 13.5. The molecular weight excluding hydrogens is 181 g/mol. The zero-order valence-electron chi connectivity index (χ0n) is 9.29. The van der Waals surface area contributed by atoms with E-state index in [4.69, 9.17) is 4.74 Å². The van der Waals surface area contributed by atoms with Gasteiger partial charge in [0.15, 0.2) is 0 Å². The van der Waals surface area contributed by atoms with Gasteiger partial charge >= 0.3 is 0 Å². The minimum absolute atomic E-state index is 0.0447. The predicted molar refractivity (Wildman–Crippen MR) is 54.1 cm³/mol. The van der Waals surface area contributed by atoms with Gasteiger partial charge in [0, 0.05) is 24.5 Å². The van der Waals surface area contributed by atoms with Gasteiger partial charge in [-0.2, -0.15) is 0 Å². The Labute approximate surface area is 85.4 Å². The summed E-state index contributed by atoms with van der Waals surface area (Å²) in [5.74, 6) is 0. The van der Waals surface area contributed by atoms with Crippen molar-refractivity contribution in [1.29, 1.82) is 0 Å². The quantitative estimate of drug-likeness (QED) is 0.692. The van der Waals surface area contributed by atoms with Gasteiger partial charge < -0.3 is 4.74 Å². The molecule has 0 spiro atoms. The summed E-state index contributed by atoms with van der Waals surface area (Å²) in [5, 5.41) is 0. The predicted octanol–water partition coefficient (Wildman–Crippen LogP) is 1.99. The molecule has 0 amide bonds. The molecule has 0 unspecified atom stereocenters. The molecule has 2 saturated heterocycles. The molecule has 14 heavy (non-hydrogen) atoms.